The zero-order valence-corrected chi connectivity index (χ0v) is 8.88. The number of hydrogen-bond donors (Lipinski definition) is 2. The molecule has 0 unspecified atom stereocenters. The van der Waals surface area contributed by atoms with Gasteiger partial charge in [-0.3, -0.25) is 4.72 Å². The van der Waals surface area contributed by atoms with Crippen LogP contribution < -0.4 is 15.6 Å². The maximum Gasteiger partial charge on any atom is 0.229 e. The molecule has 6 heteroatoms. The Labute approximate surface area is 83.5 Å². The Kier molecular flexibility index (Phi) is 2.97. The van der Waals surface area contributed by atoms with E-state index in [1.807, 2.05) is 0 Å². The summed E-state index contributed by atoms with van der Waals surface area (Å²) in [6.07, 6.45) is 1.11. The van der Waals surface area contributed by atoms with Crippen molar-refractivity contribution in [2.75, 3.05) is 23.0 Å². The summed E-state index contributed by atoms with van der Waals surface area (Å²) in [5.74, 6) is 5.49. The number of nitrogens with one attached hydrogen (secondary N) is 1. The van der Waals surface area contributed by atoms with Crippen LogP contribution in [-0.4, -0.2) is 21.7 Å². The maximum atomic E-state index is 10.9. The highest BCUT2D eigenvalue weighted by molar-refractivity contribution is 7.92. The lowest BCUT2D eigenvalue weighted by Crippen LogP contribution is -2.24. The highest BCUT2D eigenvalue weighted by Gasteiger charge is 2.01. The smallest absolute Gasteiger partial charge is 0.229 e. The molecule has 1 aromatic rings. The standard InChI is InChI=1S/C8H13N3O2S/c1-11(9)8-5-3-7(4-6-8)10-14(2,12)13/h3-6,10H,9H2,1-2H3. The molecule has 0 aliphatic heterocycles. The molecule has 0 aliphatic rings. The topological polar surface area (TPSA) is 75.4 Å². The van der Waals surface area contributed by atoms with E-state index in [0.29, 0.717) is 5.69 Å². The summed E-state index contributed by atoms with van der Waals surface area (Å²) in [6.45, 7) is 0. The van der Waals surface area contributed by atoms with Crippen molar-refractivity contribution in [3.8, 4) is 0 Å². The molecule has 1 aromatic carbocycles. The van der Waals surface area contributed by atoms with Crippen LogP contribution in [0.1, 0.15) is 0 Å². The summed E-state index contributed by atoms with van der Waals surface area (Å²) in [4.78, 5) is 0. The summed E-state index contributed by atoms with van der Waals surface area (Å²) in [5, 5.41) is 1.45. The van der Waals surface area contributed by atoms with Crippen LogP contribution in [0, 0.1) is 0 Å². The van der Waals surface area contributed by atoms with Crippen LogP contribution in [0.3, 0.4) is 0 Å². The van der Waals surface area contributed by atoms with Crippen molar-refractivity contribution in [2.45, 2.75) is 0 Å². The summed E-state index contributed by atoms with van der Waals surface area (Å²) < 4.78 is 24.1. The van der Waals surface area contributed by atoms with Gasteiger partial charge in [0.2, 0.25) is 10.0 Å². The van der Waals surface area contributed by atoms with E-state index in [-0.39, 0.29) is 0 Å². The first-order valence-electron chi connectivity index (χ1n) is 3.95. The first kappa shape index (κ1) is 10.8. The zero-order valence-electron chi connectivity index (χ0n) is 8.06. The van der Waals surface area contributed by atoms with Crippen molar-refractivity contribution in [3.63, 3.8) is 0 Å². The molecule has 0 bridgehead atoms. The lowest BCUT2D eigenvalue weighted by Gasteiger charge is -2.12. The van der Waals surface area contributed by atoms with Crippen LogP contribution in [-0.2, 0) is 10.0 Å². The van der Waals surface area contributed by atoms with Gasteiger partial charge in [-0.25, -0.2) is 14.3 Å². The van der Waals surface area contributed by atoms with Gasteiger partial charge in [0, 0.05) is 12.7 Å². The largest absolute Gasteiger partial charge is 0.314 e. The van der Waals surface area contributed by atoms with E-state index in [1.54, 1.807) is 31.3 Å². The molecule has 1 rings (SSSR count). The van der Waals surface area contributed by atoms with Crippen LogP contribution in [0.2, 0.25) is 0 Å². The van der Waals surface area contributed by atoms with E-state index < -0.39 is 10.0 Å². The highest BCUT2D eigenvalue weighted by atomic mass is 32.2. The molecule has 0 saturated carbocycles. The van der Waals surface area contributed by atoms with Gasteiger partial charge in [-0.05, 0) is 24.3 Å². The predicted octanol–water partition coefficient (Wildman–Crippen LogP) is 0.368. The van der Waals surface area contributed by atoms with E-state index in [0.717, 1.165) is 11.9 Å². The molecule has 0 spiro atoms. The van der Waals surface area contributed by atoms with Gasteiger partial charge in [-0.1, -0.05) is 0 Å². The zero-order chi connectivity index (χ0) is 10.8. The second-order valence-electron chi connectivity index (χ2n) is 3.03. The van der Waals surface area contributed by atoms with Crippen molar-refractivity contribution in [2.24, 2.45) is 5.84 Å². The van der Waals surface area contributed by atoms with E-state index >= 15 is 0 Å². The number of anilines is 2. The van der Waals surface area contributed by atoms with Gasteiger partial charge in [0.1, 0.15) is 0 Å². The number of hydrogen-bond acceptors (Lipinski definition) is 4. The molecular weight excluding hydrogens is 202 g/mol. The molecular formula is C8H13N3O2S. The fourth-order valence-electron chi connectivity index (χ4n) is 0.979. The van der Waals surface area contributed by atoms with Crippen molar-refractivity contribution < 1.29 is 8.42 Å². The normalized spacial score (nSPS) is 11.1. The van der Waals surface area contributed by atoms with Gasteiger partial charge < -0.3 is 5.01 Å². The third-order valence-corrected chi connectivity index (χ3v) is 2.18. The van der Waals surface area contributed by atoms with Gasteiger partial charge in [-0.2, -0.15) is 0 Å². The molecule has 3 N–H and O–H groups in total. The molecule has 0 heterocycles. The summed E-state index contributed by atoms with van der Waals surface area (Å²) in [5.41, 5.74) is 1.34. The highest BCUT2D eigenvalue weighted by Crippen LogP contribution is 2.15. The maximum absolute atomic E-state index is 10.9. The van der Waals surface area contributed by atoms with Gasteiger partial charge in [0.15, 0.2) is 0 Å². The van der Waals surface area contributed by atoms with E-state index in [9.17, 15) is 8.42 Å². The van der Waals surface area contributed by atoms with Crippen molar-refractivity contribution >= 4 is 21.4 Å². The average molecular weight is 215 g/mol. The number of nitrogens with zero attached hydrogens (tertiary/aromatic N) is 1. The quantitative estimate of drug-likeness (QED) is 0.564. The number of hydrazine groups is 1. The number of nitrogens with two attached hydrogens (primary N) is 1. The van der Waals surface area contributed by atoms with Crippen molar-refractivity contribution in [1.29, 1.82) is 0 Å². The minimum absolute atomic E-state index is 0.526. The Bertz CT molecular complexity index is 397. The van der Waals surface area contributed by atoms with E-state index in [1.165, 1.54) is 5.01 Å². The van der Waals surface area contributed by atoms with Crippen LogP contribution >= 0.6 is 0 Å². The molecule has 0 aliphatic carbocycles. The molecule has 5 nitrogen and oxygen atoms in total. The number of benzene rings is 1. The SMILES string of the molecule is CN(N)c1ccc(NS(C)(=O)=O)cc1. The molecule has 0 fully saturated rings. The lowest BCUT2D eigenvalue weighted by atomic mass is 10.3. The predicted molar refractivity (Wildman–Crippen MR) is 57.5 cm³/mol. The van der Waals surface area contributed by atoms with E-state index in [2.05, 4.69) is 4.72 Å². The van der Waals surface area contributed by atoms with Crippen LogP contribution in [0.5, 0.6) is 0 Å². The fourth-order valence-corrected chi connectivity index (χ4v) is 1.54. The molecule has 0 radical (unpaired) electrons. The molecule has 0 atom stereocenters. The van der Waals surface area contributed by atoms with Gasteiger partial charge in [0.25, 0.3) is 0 Å². The molecule has 78 valence electrons. The first-order chi connectivity index (χ1) is 6.38. The number of rotatable bonds is 3. The van der Waals surface area contributed by atoms with Gasteiger partial charge in [-0.15, -0.1) is 0 Å². The molecule has 14 heavy (non-hydrogen) atoms. The number of sulfonamides is 1. The summed E-state index contributed by atoms with van der Waals surface area (Å²) >= 11 is 0. The second-order valence-corrected chi connectivity index (χ2v) is 4.78. The molecule has 0 aromatic heterocycles. The Hall–Kier alpha value is -1.27. The molecule has 0 saturated heterocycles. The van der Waals surface area contributed by atoms with Crippen molar-refractivity contribution in [3.05, 3.63) is 24.3 Å². The molecule has 0 amide bonds. The Balaban J connectivity index is 2.84. The lowest BCUT2D eigenvalue weighted by molar-refractivity contribution is 0.607. The Morgan fingerprint density at radius 2 is 1.79 bits per heavy atom. The van der Waals surface area contributed by atoms with E-state index in [4.69, 9.17) is 5.84 Å². The van der Waals surface area contributed by atoms with Gasteiger partial charge >= 0.3 is 0 Å². The summed E-state index contributed by atoms with van der Waals surface area (Å²) in [6, 6.07) is 6.76. The second kappa shape index (κ2) is 3.85. The summed E-state index contributed by atoms with van der Waals surface area (Å²) in [7, 11) is -1.50. The Morgan fingerprint density at radius 1 is 1.29 bits per heavy atom. The van der Waals surface area contributed by atoms with Crippen LogP contribution in [0.15, 0.2) is 24.3 Å². The van der Waals surface area contributed by atoms with Crippen LogP contribution in [0.4, 0.5) is 11.4 Å². The third kappa shape index (κ3) is 3.23. The average Bonchev–Trinajstić information content (AvgIpc) is 2.02. The Morgan fingerprint density at radius 3 is 2.14 bits per heavy atom. The van der Waals surface area contributed by atoms with Crippen LogP contribution in [0.25, 0.3) is 0 Å². The van der Waals surface area contributed by atoms with Gasteiger partial charge in [0.05, 0.1) is 11.9 Å². The minimum Gasteiger partial charge on any atom is -0.314 e. The first-order valence-corrected chi connectivity index (χ1v) is 5.84. The minimum atomic E-state index is -3.21. The van der Waals surface area contributed by atoms with Crippen molar-refractivity contribution in [1.82, 2.24) is 0 Å². The fraction of sp³-hybridized carbons (Fsp3) is 0.250. The third-order valence-electron chi connectivity index (χ3n) is 1.58. The monoisotopic (exact) mass is 215 g/mol.